The van der Waals surface area contributed by atoms with Gasteiger partial charge in [-0.2, -0.15) is 0 Å². The fraction of sp³-hybridized carbons (Fsp3) is 0.474. The molecule has 1 aliphatic heterocycles. The molecule has 1 aliphatic rings. The van der Waals surface area contributed by atoms with E-state index in [1.807, 2.05) is 30.0 Å². The molecule has 0 aliphatic carbocycles. The maximum atomic E-state index is 12.6. The topological polar surface area (TPSA) is 49.6 Å². The minimum absolute atomic E-state index is 0.127. The van der Waals surface area contributed by atoms with E-state index >= 15 is 0 Å². The number of benzene rings is 1. The average molecular weight is 327 g/mol. The summed E-state index contributed by atoms with van der Waals surface area (Å²) in [5, 5.41) is 4.04. The van der Waals surface area contributed by atoms with Crippen LogP contribution in [0.5, 0.6) is 0 Å². The molecule has 1 saturated heterocycles. The number of rotatable bonds is 4. The Bertz CT molecular complexity index is 683. The number of hydrogen-bond donors (Lipinski definition) is 0. The van der Waals surface area contributed by atoms with Gasteiger partial charge in [0.2, 0.25) is 0 Å². The first-order chi connectivity index (χ1) is 11.5. The van der Waals surface area contributed by atoms with Gasteiger partial charge in [-0.15, -0.1) is 0 Å². The normalized spacial score (nSPS) is 15.9. The van der Waals surface area contributed by atoms with E-state index in [0.717, 1.165) is 49.7 Å². The largest absolute Gasteiger partial charge is 0.361 e. The number of carbonyl (C=O) groups excluding carboxylic acids is 1. The molecule has 0 saturated carbocycles. The minimum Gasteiger partial charge on any atom is -0.361 e. The fourth-order valence-electron chi connectivity index (χ4n) is 3.02. The zero-order valence-corrected chi connectivity index (χ0v) is 14.7. The second kappa shape index (κ2) is 7.18. The van der Waals surface area contributed by atoms with Gasteiger partial charge in [0.25, 0.3) is 5.91 Å². The third-order valence-corrected chi connectivity index (χ3v) is 4.55. The summed E-state index contributed by atoms with van der Waals surface area (Å²) in [6, 6.07) is 9.97. The summed E-state index contributed by atoms with van der Waals surface area (Å²) in [6.07, 6.45) is 0. The van der Waals surface area contributed by atoms with Crippen LogP contribution in [-0.4, -0.2) is 47.0 Å². The average Bonchev–Trinajstić information content (AvgIpc) is 3.00. The molecule has 1 amide bonds. The van der Waals surface area contributed by atoms with E-state index in [-0.39, 0.29) is 5.91 Å². The fourth-order valence-corrected chi connectivity index (χ4v) is 3.02. The summed E-state index contributed by atoms with van der Waals surface area (Å²) in [7, 11) is 0. The van der Waals surface area contributed by atoms with E-state index < -0.39 is 0 Å². The zero-order chi connectivity index (χ0) is 17.1. The van der Waals surface area contributed by atoms with Gasteiger partial charge >= 0.3 is 0 Å². The number of nitrogens with zero attached hydrogens (tertiary/aromatic N) is 3. The SMILES string of the molecule is Cc1cc(CN2CCN(C(=O)c3ccc(C(C)C)cc3)CC2)no1. The first-order valence-electron chi connectivity index (χ1n) is 8.56. The molecule has 0 unspecified atom stereocenters. The van der Waals surface area contributed by atoms with Gasteiger partial charge in [-0.25, -0.2) is 0 Å². The maximum Gasteiger partial charge on any atom is 0.253 e. The molecular weight excluding hydrogens is 302 g/mol. The molecule has 0 N–H and O–H groups in total. The van der Waals surface area contributed by atoms with E-state index in [2.05, 4.69) is 36.0 Å². The highest BCUT2D eigenvalue weighted by Gasteiger charge is 2.22. The molecular formula is C19H25N3O2. The summed E-state index contributed by atoms with van der Waals surface area (Å²) in [4.78, 5) is 16.9. The Labute approximate surface area is 143 Å². The van der Waals surface area contributed by atoms with Crippen molar-refractivity contribution in [3.8, 4) is 0 Å². The van der Waals surface area contributed by atoms with Crippen LogP contribution in [0.4, 0.5) is 0 Å². The molecule has 5 nitrogen and oxygen atoms in total. The summed E-state index contributed by atoms with van der Waals surface area (Å²) >= 11 is 0. The van der Waals surface area contributed by atoms with Crippen molar-refractivity contribution in [1.29, 1.82) is 0 Å². The first kappa shape index (κ1) is 16.7. The molecule has 2 aromatic rings. The Morgan fingerprint density at radius 2 is 1.83 bits per heavy atom. The predicted octanol–water partition coefficient (Wildman–Crippen LogP) is 3.06. The lowest BCUT2D eigenvalue weighted by molar-refractivity contribution is 0.0625. The van der Waals surface area contributed by atoms with E-state index in [1.54, 1.807) is 0 Å². The second-order valence-electron chi connectivity index (χ2n) is 6.77. The number of carbonyl (C=O) groups is 1. The van der Waals surface area contributed by atoms with Gasteiger partial charge in [0.1, 0.15) is 5.76 Å². The number of aromatic nitrogens is 1. The molecule has 1 fully saturated rings. The van der Waals surface area contributed by atoms with Gasteiger partial charge in [-0.05, 0) is 30.5 Å². The van der Waals surface area contributed by atoms with Crippen LogP contribution in [-0.2, 0) is 6.54 Å². The van der Waals surface area contributed by atoms with Crippen molar-refractivity contribution in [2.24, 2.45) is 0 Å². The van der Waals surface area contributed by atoms with Crippen LogP contribution in [0.15, 0.2) is 34.9 Å². The van der Waals surface area contributed by atoms with Crippen molar-refractivity contribution in [2.45, 2.75) is 33.2 Å². The monoisotopic (exact) mass is 327 g/mol. The molecule has 24 heavy (non-hydrogen) atoms. The van der Waals surface area contributed by atoms with E-state index in [0.29, 0.717) is 5.92 Å². The number of aryl methyl sites for hydroxylation is 1. The van der Waals surface area contributed by atoms with E-state index in [1.165, 1.54) is 5.56 Å². The molecule has 0 bridgehead atoms. The summed E-state index contributed by atoms with van der Waals surface area (Å²) < 4.78 is 5.11. The lowest BCUT2D eigenvalue weighted by atomic mass is 10.0. The summed E-state index contributed by atoms with van der Waals surface area (Å²) in [6.45, 7) is 10.2. The van der Waals surface area contributed by atoms with Crippen molar-refractivity contribution in [3.05, 3.63) is 52.9 Å². The Kier molecular flexibility index (Phi) is 5.00. The maximum absolute atomic E-state index is 12.6. The first-order valence-corrected chi connectivity index (χ1v) is 8.56. The second-order valence-corrected chi connectivity index (χ2v) is 6.77. The number of piperazine rings is 1. The summed E-state index contributed by atoms with van der Waals surface area (Å²) in [5.41, 5.74) is 3.00. The Hall–Kier alpha value is -2.14. The highest BCUT2D eigenvalue weighted by atomic mass is 16.5. The lowest BCUT2D eigenvalue weighted by Crippen LogP contribution is -2.48. The van der Waals surface area contributed by atoms with Crippen LogP contribution in [0, 0.1) is 6.92 Å². The van der Waals surface area contributed by atoms with Crippen molar-refractivity contribution in [3.63, 3.8) is 0 Å². The van der Waals surface area contributed by atoms with Gasteiger partial charge in [0.05, 0.1) is 5.69 Å². The standard InChI is InChI=1S/C19H25N3O2/c1-14(2)16-4-6-17(7-5-16)19(23)22-10-8-21(9-11-22)13-18-12-15(3)24-20-18/h4-7,12,14H,8-11,13H2,1-3H3. The van der Waals surface area contributed by atoms with E-state index in [9.17, 15) is 4.79 Å². The molecule has 1 aromatic carbocycles. The zero-order valence-electron chi connectivity index (χ0n) is 14.7. The van der Waals surface area contributed by atoms with Gasteiger partial charge in [0, 0.05) is 44.4 Å². The van der Waals surface area contributed by atoms with Crippen LogP contribution >= 0.6 is 0 Å². The Morgan fingerprint density at radius 3 is 2.38 bits per heavy atom. The van der Waals surface area contributed by atoms with Crippen LogP contribution in [0.25, 0.3) is 0 Å². The van der Waals surface area contributed by atoms with Crippen LogP contribution in [0.2, 0.25) is 0 Å². The highest BCUT2D eigenvalue weighted by Crippen LogP contribution is 2.17. The molecule has 5 heteroatoms. The quantitative estimate of drug-likeness (QED) is 0.866. The van der Waals surface area contributed by atoms with Gasteiger partial charge in [-0.3, -0.25) is 9.69 Å². The molecule has 2 heterocycles. The van der Waals surface area contributed by atoms with Crippen LogP contribution in [0.3, 0.4) is 0 Å². The predicted molar refractivity (Wildman–Crippen MR) is 93.0 cm³/mol. The Morgan fingerprint density at radius 1 is 1.17 bits per heavy atom. The molecule has 0 atom stereocenters. The van der Waals surface area contributed by atoms with Gasteiger partial charge in [-0.1, -0.05) is 31.1 Å². The van der Waals surface area contributed by atoms with Crippen molar-refractivity contribution in [2.75, 3.05) is 26.2 Å². The lowest BCUT2D eigenvalue weighted by Gasteiger charge is -2.34. The smallest absolute Gasteiger partial charge is 0.253 e. The van der Waals surface area contributed by atoms with Crippen molar-refractivity contribution < 1.29 is 9.32 Å². The van der Waals surface area contributed by atoms with Gasteiger partial charge in [0.15, 0.2) is 0 Å². The van der Waals surface area contributed by atoms with Crippen molar-refractivity contribution >= 4 is 5.91 Å². The molecule has 3 rings (SSSR count). The summed E-state index contributed by atoms with van der Waals surface area (Å²) in [5.74, 6) is 1.45. The number of amides is 1. The highest BCUT2D eigenvalue weighted by molar-refractivity contribution is 5.94. The third kappa shape index (κ3) is 3.85. The minimum atomic E-state index is 0.127. The van der Waals surface area contributed by atoms with E-state index in [4.69, 9.17) is 4.52 Å². The number of hydrogen-bond acceptors (Lipinski definition) is 4. The molecule has 0 spiro atoms. The van der Waals surface area contributed by atoms with Gasteiger partial charge < -0.3 is 9.42 Å². The van der Waals surface area contributed by atoms with Crippen LogP contribution < -0.4 is 0 Å². The van der Waals surface area contributed by atoms with Crippen molar-refractivity contribution in [1.82, 2.24) is 15.0 Å². The Balaban J connectivity index is 1.54. The molecule has 0 radical (unpaired) electrons. The molecule has 1 aromatic heterocycles. The third-order valence-electron chi connectivity index (χ3n) is 4.55. The van der Waals surface area contributed by atoms with Crippen LogP contribution in [0.1, 0.15) is 47.1 Å². The molecule has 128 valence electrons.